The van der Waals surface area contributed by atoms with Gasteiger partial charge in [-0.3, -0.25) is 4.79 Å². The van der Waals surface area contributed by atoms with E-state index in [0.29, 0.717) is 21.9 Å². The first-order valence-electron chi connectivity index (χ1n) is 14.2. The fourth-order valence-corrected chi connectivity index (χ4v) is 5.59. The van der Waals surface area contributed by atoms with Gasteiger partial charge in [-0.15, -0.1) is 5.10 Å². The van der Waals surface area contributed by atoms with Gasteiger partial charge in [-0.2, -0.15) is 14.6 Å². The number of hydrogen-bond acceptors (Lipinski definition) is 6. The largest absolute Gasteiger partial charge is 0.494 e. The molecule has 0 bridgehead atoms. The van der Waals surface area contributed by atoms with E-state index in [4.69, 9.17) is 9.84 Å². The Balaban J connectivity index is 1.38. The summed E-state index contributed by atoms with van der Waals surface area (Å²) in [5.41, 5.74) is 5.46. The first-order valence-corrected chi connectivity index (χ1v) is 15.0. The van der Waals surface area contributed by atoms with E-state index in [-0.39, 0.29) is 11.0 Å². The highest BCUT2D eigenvalue weighted by Crippen LogP contribution is 2.27. The Morgan fingerprint density at radius 1 is 0.905 bits per heavy atom. The van der Waals surface area contributed by atoms with E-state index in [1.165, 1.54) is 21.4 Å². The molecule has 0 fully saturated rings. The quantitative estimate of drug-likeness (QED) is 0.189. The van der Waals surface area contributed by atoms with Gasteiger partial charge in [0.1, 0.15) is 11.4 Å². The maximum absolute atomic E-state index is 13.5. The van der Waals surface area contributed by atoms with Crippen LogP contribution in [0, 0.1) is 0 Å². The number of thiazole rings is 1. The lowest BCUT2D eigenvalue weighted by atomic mass is 9.87. The Morgan fingerprint density at radius 2 is 1.62 bits per heavy atom. The molecule has 0 radical (unpaired) electrons. The predicted molar refractivity (Wildman–Crippen MR) is 169 cm³/mol. The van der Waals surface area contributed by atoms with Crippen LogP contribution in [-0.2, 0) is 5.41 Å². The summed E-state index contributed by atoms with van der Waals surface area (Å²) < 4.78 is 9.64. The maximum Gasteiger partial charge on any atom is 0.291 e. The van der Waals surface area contributed by atoms with Crippen LogP contribution in [0.2, 0.25) is 0 Å². The number of ether oxygens (including phenoxy) is 1. The summed E-state index contributed by atoms with van der Waals surface area (Å²) >= 11 is 1.33. The molecule has 0 amide bonds. The molecule has 0 N–H and O–H groups in total. The van der Waals surface area contributed by atoms with Gasteiger partial charge >= 0.3 is 0 Å². The Kier molecular flexibility index (Phi) is 7.47. The number of rotatable bonds is 8. The molecular formula is C34H33N5O2S. The van der Waals surface area contributed by atoms with Gasteiger partial charge in [-0.1, -0.05) is 87.9 Å². The highest BCUT2D eigenvalue weighted by atomic mass is 32.1. The fourth-order valence-electron chi connectivity index (χ4n) is 4.69. The van der Waals surface area contributed by atoms with Crippen LogP contribution in [0.3, 0.4) is 0 Å². The molecule has 3 heterocycles. The molecule has 0 saturated heterocycles. The summed E-state index contributed by atoms with van der Waals surface area (Å²) in [5.74, 6) is 1.38. The molecule has 0 aliphatic carbocycles. The standard InChI is InChI=1S/C34H33N5O2S/c1-5-6-20-41-28-18-14-23(15-19-28)30-25(22-38(36-30)27-10-8-7-9-11-27)21-29-32(40)39-33(42-29)35-31(37-39)24-12-16-26(17-13-24)34(2,3)4/h7-19,21-22H,5-6,20H2,1-4H3/b29-21-. The van der Waals surface area contributed by atoms with Gasteiger partial charge in [-0.25, -0.2) is 4.68 Å². The Bertz CT molecular complexity index is 1930. The third-order valence-corrected chi connectivity index (χ3v) is 8.09. The van der Waals surface area contributed by atoms with Gasteiger partial charge in [0.05, 0.1) is 16.8 Å². The van der Waals surface area contributed by atoms with Crippen molar-refractivity contribution in [2.24, 2.45) is 0 Å². The van der Waals surface area contributed by atoms with Gasteiger partial charge < -0.3 is 4.74 Å². The molecule has 0 aliphatic heterocycles. The number of unbranched alkanes of at least 4 members (excludes halogenated alkanes) is 1. The third-order valence-electron chi connectivity index (χ3n) is 7.14. The molecule has 0 atom stereocenters. The molecule has 7 nitrogen and oxygen atoms in total. The van der Waals surface area contributed by atoms with Crippen molar-refractivity contribution in [3.05, 3.63) is 111 Å². The summed E-state index contributed by atoms with van der Waals surface area (Å²) in [6.45, 7) is 9.39. The van der Waals surface area contributed by atoms with E-state index in [1.807, 2.05) is 83.7 Å². The molecule has 0 aliphatic rings. The second-order valence-corrected chi connectivity index (χ2v) is 12.3. The zero-order valence-electron chi connectivity index (χ0n) is 24.2. The number of nitrogens with zero attached hydrogens (tertiary/aromatic N) is 5. The first-order chi connectivity index (χ1) is 20.3. The molecule has 0 saturated carbocycles. The zero-order chi connectivity index (χ0) is 29.3. The topological polar surface area (TPSA) is 74.3 Å². The van der Waals surface area contributed by atoms with Crippen molar-refractivity contribution in [1.29, 1.82) is 0 Å². The minimum Gasteiger partial charge on any atom is -0.494 e. The molecule has 42 heavy (non-hydrogen) atoms. The predicted octanol–water partition coefficient (Wildman–Crippen LogP) is 6.69. The van der Waals surface area contributed by atoms with Crippen LogP contribution in [0.25, 0.3) is 39.4 Å². The van der Waals surface area contributed by atoms with E-state index in [9.17, 15) is 4.79 Å². The molecule has 0 unspecified atom stereocenters. The van der Waals surface area contributed by atoms with Crippen LogP contribution in [0.4, 0.5) is 0 Å². The van der Waals surface area contributed by atoms with Crippen LogP contribution in [0.5, 0.6) is 5.75 Å². The van der Waals surface area contributed by atoms with E-state index in [0.717, 1.165) is 46.7 Å². The SMILES string of the molecule is CCCCOc1ccc(-c2nn(-c3ccccc3)cc2/C=c2\sc3nc(-c4ccc(C(C)(C)C)cc4)nn3c2=O)cc1. The van der Waals surface area contributed by atoms with Crippen LogP contribution >= 0.6 is 11.3 Å². The van der Waals surface area contributed by atoms with E-state index >= 15 is 0 Å². The summed E-state index contributed by atoms with van der Waals surface area (Å²) in [4.78, 5) is 18.7. The van der Waals surface area contributed by atoms with Gasteiger partial charge in [0.2, 0.25) is 4.96 Å². The van der Waals surface area contributed by atoms with Crippen LogP contribution < -0.4 is 14.8 Å². The van der Waals surface area contributed by atoms with E-state index in [2.05, 4.69) is 49.9 Å². The molecule has 6 aromatic rings. The zero-order valence-corrected chi connectivity index (χ0v) is 25.1. The highest BCUT2D eigenvalue weighted by molar-refractivity contribution is 7.15. The number of para-hydroxylation sites is 1. The monoisotopic (exact) mass is 575 g/mol. The van der Waals surface area contributed by atoms with Gasteiger partial charge in [0.25, 0.3) is 5.56 Å². The summed E-state index contributed by atoms with van der Waals surface area (Å²) in [6, 6.07) is 26.1. The Hall–Kier alpha value is -4.56. The maximum atomic E-state index is 13.5. The summed E-state index contributed by atoms with van der Waals surface area (Å²) in [6.07, 6.45) is 5.94. The smallest absolute Gasteiger partial charge is 0.291 e. The van der Waals surface area contributed by atoms with Crippen LogP contribution in [-0.4, -0.2) is 31.0 Å². The second kappa shape index (κ2) is 11.4. The normalized spacial score (nSPS) is 12.3. The highest BCUT2D eigenvalue weighted by Gasteiger charge is 2.17. The molecule has 3 aromatic carbocycles. The van der Waals surface area contributed by atoms with Crippen LogP contribution in [0.15, 0.2) is 89.9 Å². The van der Waals surface area contributed by atoms with Crippen molar-refractivity contribution in [1.82, 2.24) is 24.4 Å². The Morgan fingerprint density at radius 3 is 2.29 bits per heavy atom. The van der Waals surface area contributed by atoms with Crippen molar-refractivity contribution in [3.8, 4) is 34.1 Å². The van der Waals surface area contributed by atoms with E-state index in [1.54, 1.807) is 0 Å². The average Bonchev–Trinajstić information content (AvgIpc) is 3.69. The van der Waals surface area contributed by atoms with Crippen molar-refractivity contribution < 1.29 is 4.74 Å². The third kappa shape index (κ3) is 5.63. The van der Waals surface area contributed by atoms with Gasteiger partial charge in [0.15, 0.2) is 5.82 Å². The molecule has 3 aromatic heterocycles. The molecule has 6 rings (SSSR count). The van der Waals surface area contributed by atoms with Crippen molar-refractivity contribution in [2.45, 2.75) is 46.0 Å². The number of benzene rings is 3. The first kappa shape index (κ1) is 27.6. The summed E-state index contributed by atoms with van der Waals surface area (Å²) in [5, 5.41) is 9.47. The average molecular weight is 576 g/mol. The molecule has 212 valence electrons. The van der Waals surface area contributed by atoms with Gasteiger partial charge in [0, 0.05) is 22.9 Å². The lowest BCUT2D eigenvalue weighted by Gasteiger charge is -2.18. The Labute approximate surface area is 248 Å². The fraction of sp³-hybridized carbons (Fsp3) is 0.235. The molecule has 8 heteroatoms. The lowest BCUT2D eigenvalue weighted by Crippen LogP contribution is -2.23. The lowest BCUT2D eigenvalue weighted by molar-refractivity contribution is 0.309. The molecule has 0 spiro atoms. The van der Waals surface area contributed by atoms with Crippen molar-refractivity contribution in [3.63, 3.8) is 0 Å². The molecular weight excluding hydrogens is 542 g/mol. The number of fused-ring (bicyclic) bond motifs is 1. The van der Waals surface area contributed by atoms with E-state index < -0.39 is 0 Å². The number of aromatic nitrogens is 5. The van der Waals surface area contributed by atoms with Crippen molar-refractivity contribution >= 4 is 22.4 Å². The summed E-state index contributed by atoms with van der Waals surface area (Å²) in [7, 11) is 0. The number of hydrogen-bond donors (Lipinski definition) is 0. The van der Waals surface area contributed by atoms with Gasteiger partial charge in [-0.05, 0) is 59.9 Å². The minimum absolute atomic E-state index is 0.0606. The minimum atomic E-state index is -0.196. The second-order valence-electron chi connectivity index (χ2n) is 11.3. The van der Waals surface area contributed by atoms with Crippen molar-refractivity contribution in [2.75, 3.05) is 6.61 Å². The van der Waals surface area contributed by atoms with Crippen LogP contribution in [0.1, 0.15) is 51.7 Å².